The van der Waals surface area contributed by atoms with Crippen molar-refractivity contribution in [2.24, 2.45) is 0 Å². The second kappa shape index (κ2) is 12.1. The summed E-state index contributed by atoms with van der Waals surface area (Å²) in [6, 6.07) is 19.9. The SMILES string of the molecule is COc1ccc2c(c1)C(CC(=O)NCc1ccco1)=C(C)/C2=C/c1cc(OC)c(-c2ccccc2C(=O)O)c(OC)c1. The number of aromatic carboxylic acids is 1. The Morgan fingerprint density at radius 2 is 1.62 bits per heavy atom. The van der Waals surface area contributed by atoms with E-state index in [1.807, 2.05) is 49.4 Å². The maximum absolute atomic E-state index is 13.0. The minimum absolute atomic E-state index is 0.124. The van der Waals surface area contributed by atoms with Crippen molar-refractivity contribution in [3.63, 3.8) is 0 Å². The van der Waals surface area contributed by atoms with Crippen molar-refractivity contribution in [2.45, 2.75) is 19.9 Å². The van der Waals surface area contributed by atoms with E-state index >= 15 is 0 Å². The molecule has 2 N–H and O–H groups in total. The molecule has 0 aliphatic heterocycles. The van der Waals surface area contributed by atoms with Gasteiger partial charge in [-0.05, 0) is 88.9 Å². The maximum Gasteiger partial charge on any atom is 0.336 e. The maximum atomic E-state index is 13.0. The minimum atomic E-state index is -1.04. The van der Waals surface area contributed by atoms with Crippen molar-refractivity contribution in [1.82, 2.24) is 5.32 Å². The third kappa shape index (κ3) is 5.51. The Morgan fingerprint density at radius 1 is 0.881 bits per heavy atom. The Labute approximate surface area is 243 Å². The second-order valence-corrected chi connectivity index (χ2v) is 9.76. The van der Waals surface area contributed by atoms with Crippen LogP contribution in [0.5, 0.6) is 17.2 Å². The molecule has 0 unspecified atom stereocenters. The average Bonchev–Trinajstić information content (AvgIpc) is 3.62. The first kappa shape index (κ1) is 28.3. The van der Waals surface area contributed by atoms with Gasteiger partial charge in [0.15, 0.2) is 0 Å². The summed E-state index contributed by atoms with van der Waals surface area (Å²) < 4.78 is 22.3. The molecule has 3 aromatic carbocycles. The molecule has 4 aromatic rings. The highest BCUT2D eigenvalue weighted by molar-refractivity contribution is 6.08. The number of hydrogen-bond acceptors (Lipinski definition) is 6. The third-order valence-corrected chi connectivity index (χ3v) is 7.34. The van der Waals surface area contributed by atoms with Gasteiger partial charge >= 0.3 is 5.97 Å². The van der Waals surface area contributed by atoms with Gasteiger partial charge in [-0.15, -0.1) is 0 Å². The van der Waals surface area contributed by atoms with Gasteiger partial charge in [0, 0.05) is 5.56 Å². The van der Waals surface area contributed by atoms with E-state index < -0.39 is 5.97 Å². The van der Waals surface area contributed by atoms with Crippen LogP contribution < -0.4 is 19.5 Å². The zero-order chi connectivity index (χ0) is 29.8. The van der Waals surface area contributed by atoms with E-state index in [0.717, 1.165) is 33.4 Å². The van der Waals surface area contributed by atoms with Crippen LogP contribution in [0.3, 0.4) is 0 Å². The molecule has 5 rings (SSSR count). The number of allylic oxidation sites excluding steroid dienone is 2. The van der Waals surface area contributed by atoms with Gasteiger partial charge in [0.25, 0.3) is 0 Å². The molecule has 214 valence electrons. The first-order valence-electron chi connectivity index (χ1n) is 13.3. The number of benzene rings is 3. The van der Waals surface area contributed by atoms with E-state index in [-0.39, 0.29) is 17.9 Å². The largest absolute Gasteiger partial charge is 0.497 e. The Morgan fingerprint density at radius 3 is 2.26 bits per heavy atom. The molecule has 0 spiro atoms. The molecule has 0 fully saturated rings. The van der Waals surface area contributed by atoms with Gasteiger partial charge in [-0.3, -0.25) is 4.79 Å². The van der Waals surface area contributed by atoms with Crippen LogP contribution in [0.15, 0.2) is 83.0 Å². The number of carboxylic acid groups (broad SMARTS) is 1. The molecular formula is C34H31NO7. The van der Waals surface area contributed by atoms with Gasteiger partial charge in [0.2, 0.25) is 5.91 Å². The lowest BCUT2D eigenvalue weighted by atomic mass is 9.95. The van der Waals surface area contributed by atoms with Crippen molar-refractivity contribution >= 4 is 29.1 Å². The lowest BCUT2D eigenvalue weighted by Gasteiger charge is -2.17. The van der Waals surface area contributed by atoms with E-state index in [9.17, 15) is 14.7 Å². The molecule has 0 radical (unpaired) electrons. The quantitative estimate of drug-likeness (QED) is 0.220. The first-order valence-corrected chi connectivity index (χ1v) is 13.3. The molecule has 0 saturated carbocycles. The molecule has 0 saturated heterocycles. The normalized spacial score (nSPS) is 13.2. The fourth-order valence-corrected chi connectivity index (χ4v) is 5.27. The van der Waals surface area contributed by atoms with Crippen LogP contribution in [0.25, 0.3) is 28.3 Å². The summed E-state index contributed by atoms with van der Waals surface area (Å²) in [7, 11) is 4.70. The first-order chi connectivity index (χ1) is 20.3. The monoisotopic (exact) mass is 565 g/mol. The van der Waals surface area contributed by atoms with Crippen molar-refractivity contribution in [3.05, 3.63) is 107 Å². The van der Waals surface area contributed by atoms with Crippen molar-refractivity contribution < 1.29 is 33.3 Å². The number of furan rings is 1. The summed E-state index contributed by atoms with van der Waals surface area (Å²) in [6.45, 7) is 2.31. The summed E-state index contributed by atoms with van der Waals surface area (Å²) in [6.07, 6.45) is 3.78. The molecule has 0 bridgehead atoms. The third-order valence-electron chi connectivity index (χ3n) is 7.34. The molecule has 0 atom stereocenters. The van der Waals surface area contributed by atoms with Crippen molar-refractivity contribution in [3.8, 4) is 28.4 Å². The molecule has 42 heavy (non-hydrogen) atoms. The second-order valence-electron chi connectivity index (χ2n) is 9.76. The lowest BCUT2D eigenvalue weighted by Crippen LogP contribution is -2.22. The van der Waals surface area contributed by atoms with E-state index in [1.165, 1.54) is 0 Å². The van der Waals surface area contributed by atoms with Crippen LogP contribution in [-0.2, 0) is 11.3 Å². The van der Waals surface area contributed by atoms with Crippen LogP contribution >= 0.6 is 0 Å². The molecular weight excluding hydrogens is 534 g/mol. The van der Waals surface area contributed by atoms with Crippen molar-refractivity contribution in [1.29, 1.82) is 0 Å². The number of carbonyl (C=O) groups is 2. The summed E-state index contributed by atoms with van der Waals surface area (Å²) >= 11 is 0. The smallest absolute Gasteiger partial charge is 0.336 e. The number of carboxylic acids is 1. The van der Waals surface area contributed by atoms with E-state index in [4.69, 9.17) is 18.6 Å². The number of nitrogens with one attached hydrogen (secondary N) is 1. The fraction of sp³-hybridized carbons (Fsp3) is 0.176. The standard InChI is InChI=1S/C34H31NO7/c1-20-27(14-21-15-30(40-3)33(31(16-21)41-4)25-9-5-6-10-26(25)34(37)38)24-12-11-22(39-2)17-29(24)28(20)18-32(36)35-19-23-8-7-13-42-23/h5-17H,18-19H2,1-4H3,(H,35,36)(H,37,38)/b27-14-. The zero-order valence-electron chi connectivity index (χ0n) is 23.8. The average molecular weight is 566 g/mol. The summed E-state index contributed by atoms with van der Waals surface area (Å²) in [4.78, 5) is 24.9. The van der Waals surface area contributed by atoms with Gasteiger partial charge in [0.05, 0.1) is 51.7 Å². The van der Waals surface area contributed by atoms with Crippen LogP contribution in [-0.4, -0.2) is 38.3 Å². The number of hydrogen-bond donors (Lipinski definition) is 2. The minimum Gasteiger partial charge on any atom is -0.497 e. The number of carbonyl (C=O) groups excluding carboxylic acids is 1. The van der Waals surface area contributed by atoms with Gasteiger partial charge < -0.3 is 29.1 Å². The van der Waals surface area contributed by atoms with Crippen molar-refractivity contribution in [2.75, 3.05) is 21.3 Å². The number of fused-ring (bicyclic) bond motifs is 1. The summed E-state index contributed by atoms with van der Waals surface area (Å²) in [5, 5.41) is 12.7. The highest BCUT2D eigenvalue weighted by atomic mass is 16.5. The van der Waals surface area contributed by atoms with Gasteiger partial charge in [-0.25, -0.2) is 4.79 Å². The van der Waals surface area contributed by atoms with Crippen LogP contribution in [0.2, 0.25) is 0 Å². The fourth-order valence-electron chi connectivity index (χ4n) is 5.27. The number of ether oxygens (including phenoxy) is 3. The Kier molecular flexibility index (Phi) is 8.15. The Hall–Kier alpha value is -5.24. The Bertz CT molecular complexity index is 1690. The highest BCUT2D eigenvalue weighted by Gasteiger charge is 2.27. The predicted octanol–water partition coefficient (Wildman–Crippen LogP) is 6.70. The topological polar surface area (TPSA) is 107 Å². The molecule has 1 aliphatic rings. The van der Waals surface area contributed by atoms with E-state index in [1.54, 1.807) is 57.9 Å². The molecule has 1 amide bonds. The van der Waals surface area contributed by atoms with Gasteiger partial charge in [-0.2, -0.15) is 0 Å². The molecule has 1 aromatic heterocycles. The molecule has 8 heteroatoms. The number of amides is 1. The zero-order valence-corrected chi connectivity index (χ0v) is 23.8. The van der Waals surface area contributed by atoms with E-state index in [0.29, 0.717) is 40.7 Å². The van der Waals surface area contributed by atoms with Crippen LogP contribution in [0, 0.1) is 0 Å². The van der Waals surface area contributed by atoms with Gasteiger partial charge in [0.1, 0.15) is 23.0 Å². The number of methoxy groups -OCH3 is 3. The predicted molar refractivity (Wildman–Crippen MR) is 161 cm³/mol. The molecule has 8 nitrogen and oxygen atoms in total. The summed E-state index contributed by atoms with van der Waals surface area (Å²) in [5.41, 5.74) is 6.70. The molecule has 1 heterocycles. The Balaban J connectivity index is 1.57. The highest BCUT2D eigenvalue weighted by Crippen LogP contribution is 2.46. The van der Waals surface area contributed by atoms with E-state index in [2.05, 4.69) is 5.32 Å². The lowest BCUT2D eigenvalue weighted by molar-refractivity contribution is -0.120. The molecule has 1 aliphatic carbocycles. The summed E-state index contributed by atoms with van der Waals surface area (Å²) in [5.74, 6) is 1.16. The van der Waals surface area contributed by atoms with Crippen LogP contribution in [0.1, 0.15) is 46.2 Å². The van der Waals surface area contributed by atoms with Crippen LogP contribution in [0.4, 0.5) is 0 Å². The van der Waals surface area contributed by atoms with Gasteiger partial charge in [-0.1, -0.05) is 24.3 Å². The number of rotatable bonds is 10.